The van der Waals surface area contributed by atoms with Gasteiger partial charge < -0.3 is 15.4 Å². The highest BCUT2D eigenvalue weighted by Gasteiger charge is 2.28. The Morgan fingerprint density at radius 3 is 3.05 bits per heavy atom. The van der Waals surface area contributed by atoms with Crippen molar-refractivity contribution >= 4 is 5.91 Å². The van der Waals surface area contributed by atoms with Gasteiger partial charge in [-0.25, -0.2) is 0 Å². The van der Waals surface area contributed by atoms with Crippen molar-refractivity contribution in [1.82, 2.24) is 4.90 Å². The summed E-state index contributed by atoms with van der Waals surface area (Å²) in [6.07, 6.45) is 2.20. The summed E-state index contributed by atoms with van der Waals surface area (Å²) in [6.45, 7) is 2.18. The van der Waals surface area contributed by atoms with Crippen molar-refractivity contribution in [2.45, 2.75) is 31.4 Å². The summed E-state index contributed by atoms with van der Waals surface area (Å²) in [6, 6.07) is 8.39. The molecule has 1 fully saturated rings. The fourth-order valence-electron chi connectivity index (χ4n) is 2.95. The molecule has 1 aromatic carbocycles. The summed E-state index contributed by atoms with van der Waals surface area (Å²) in [5.74, 6) is 0.162. The molecule has 0 unspecified atom stereocenters. The second kappa shape index (κ2) is 5.31. The van der Waals surface area contributed by atoms with Gasteiger partial charge in [-0.3, -0.25) is 4.79 Å². The minimum absolute atomic E-state index is 0.0886. The number of nitrogens with two attached hydrogens (primary N) is 1. The highest BCUT2D eigenvalue weighted by atomic mass is 16.5. The molecule has 0 radical (unpaired) electrons. The van der Waals surface area contributed by atoms with Crippen LogP contribution in [0.1, 0.15) is 30.1 Å². The Morgan fingerprint density at radius 2 is 2.26 bits per heavy atom. The molecule has 1 amide bonds. The molecule has 102 valence electrons. The minimum atomic E-state index is -0.0886. The lowest BCUT2D eigenvalue weighted by Gasteiger charge is -2.27. The van der Waals surface area contributed by atoms with Crippen molar-refractivity contribution in [3.63, 3.8) is 0 Å². The van der Waals surface area contributed by atoms with Crippen LogP contribution in [0.5, 0.6) is 0 Å². The number of amides is 1. The van der Waals surface area contributed by atoms with E-state index in [-0.39, 0.29) is 18.1 Å². The molecule has 4 nitrogen and oxygen atoms in total. The van der Waals surface area contributed by atoms with Crippen LogP contribution in [0, 0.1) is 0 Å². The highest BCUT2D eigenvalue weighted by Crippen LogP contribution is 2.30. The Bertz CT molecular complexity index is 475. The van der Waals surface area contributed by atoms with Gasteiger partial charge in [0, 0.05) is 19.1 Å². The lowest BCUT2D eigenvalue weighted by Crippen LogP contribution is -2.33. The van der Waals surface area contributed by atoms with Crippen LogP contribution in [0.2, 0.25) is 0 Å². The molecule has 2 aliphatic heterocycles. The first-order valence-electron chi connectivity index (χ1n) is 6.97. The first kappa shape index (κ1) is 12.6. The van der Waals surface area contributed by atoms with Crippen LogP contribution in [-0.2, 0) is 16.0 Å². The molecule has 1 aromatic rings. The molecular weight excluding hydrogens is 240 g/mol. The number of likely N-dealkylation sites (tertiary alicyclic amines) is 1. The fraction of sp³-hybridized carbons (Fsp3) is 0.533. The van der Waals surface area contributed by atoms with Crippen molar-refractivity contribution < 1.29 is 9.53 Å². The molecule has 4 heteroatoms. The monoisotopic (exact) mass is 260 g/mol. The number of carbonyl (C=O) groups is 1. The predicted molar refractivity (Wildman–Crippen MR) is 72.6 cm³/mol. The smallest absolute Gasteiger partial charge is 0.225 e. The van der Waals surface area contributed by atoms with Crippen LogP contribution in [0.25, 0.3) is 0 Å². The van der Waals surface area contributed by atoms with E-state index in [0.717, 1.165) is 19.4 Å². The zero-order valence-electron chi connectivity index (χ0n) is 11.0. The third kappa shape index (κ3) is 2.65. The number of rotatable bonds is 2. The quantitative estimate of drug-likeness (QED) is 0.870. The largest absolute Gasteiger partial charge is 0.373 e. The first-order chi connectivity index (χ1) is 9.24. The van der Waals surface area contributed by atoms with Gasteiger partial charge in [-0.15, -0.1) is 0 Å². The normalized spacial score (nSPS) is 26.3. The van der Waals surface area contributed by atoms with Crippen LogP contribution < -0.4 is 5.73 Å². The number of ether oxygens (including phenoxy) is 1. The summed E-state index contributed by atoms with van der Waals surface area (Å²) < 4.78 is 5.78. The van der Waals surface area contributed by atoms with Gasteiger partial charge in [0.25, 0.3) is 0 Å². The third-order valence-electron chi connectivity index (χ3n) is 4.03. The standard InChI is InChI=1S/C15H20N2O2/c16-12-5-7-17(10-12)15(18)9-14-13-4-2-1-3-11(13)6-8-19-14/h1-4,12,14H,5-10,16H2/t12-,14-/m1/s1. The number of benzene rings is 1. The Morgan fingerprint density at radius 1 is 1.42 bits per heavy atom. The number of carbonyl (C=O) groups excluding carboxylic acids is 1. The second-order valence-corrected chi connectivity index (χ2v) is 5.40. The van der Waals surface area contributed by atoms with Gasteiger partial charge in [0.05, 0.1) is 19.1 Å². The van der Waals surface area contributed by atoms with Gasteiger partial charge in [-0.05, 0) is 24.0 Å². The van der Waals surface area contributed by atoms with Gasteiger partial charge in [0.15, 0.2) is 0 Å². The zero-order valence-corrected chi connectivity index (χ0v) is 11.0. The van der Waals surface area contributed by atoms with Gasteiger partial charge in [0.2, 0.25) is 5.91 Å². The Balaban J connectivity index is 1.69. The third-order valence-corrected chi connectivity index (χ3v) is 4.03. The highest BCUT2D eigenvalue weighted by molar-refractivity contribution is 5.77. The van der Waals surface area contributed by atoms with E-state index in [2.05, 4.69) is 12.1 Å². The van der Waals surface area contributed by atoms with Crippen LogP contribution in [0.3, 0.4) is 0 Å². The lowest BCUT2D eigenvalue weighted by molar-refractivity contribution is -0.133. The Kier molecular flexibility index (Phi) is 3.53. The molecule has 1 saturated heterocycles. The summed E-state index contributed by atoms with van der Waals surface area (Å²) in [5, 5.41) is 0. The maximum atomic E-state index is 12.3. The van der Waals surface area contributed by atoms with Gasteiger partial charge in [-0.2, -0.15) is 0 Å². The van der Waals surface area contributed by atoms with Crippen LogP contribution in [0.4, 0.5) is 0 Å². The molecule has 19 heavy (non-hydrogen) atoms. The maximum absolute atomic E-state index is 12.3. The van der Waals surface area contributed by atoms with E-state index >= 15 is 0 Å². The van der Waals surface area contributed by atoms with Gasteiger partial charge in [0.1, 0.15) is 0 Å². The van der Waals surface area contributed by atoms with Crippen molar-refractivity contribution in [2.75, 3.05) is 19.7 Å². The van der Waals surface area contributed by atoms with Crippen molar-refractivity contribution in [3.05, 3.63) is 35.4 Å². The molecule has 0 saturated carbocycles. The number of hydrogen-bond acceptors (Lipinski definition) is 3. The Labute approximate surface area is 113 Å². The average Bonchev–Trinajstić information content (AvgIpc) is 2.86. The molecule has 0 spiro atoms. The maximum Gasteiger partial charge on any atom is 0.225 e. The van der Waals surface area contributed by atoms with E-state index in [4.69, 9.17) is 10.5 Å². The number of nitrogens with zero attached hydrogens (tertiary/aromatic N) is 1. The minimum Gasteiger partial charge on any atom is -0.373 e. The van der Waals surface area contributed by atoms with E-state index < -0.39 is 0 Å². The van der Waals surface area contributed by atoms with E-state index in [1.807, 2.05) is 17.0 Å². The second-order valence-electron chi connectivity index (χ2n) is 5.40. The molecule has 2 atom stereocenters. The molecule has 2 heterocycles. The van der Waals surface area contributed by atoms with Crippen LogP contribution >= 0.6 is 0 Å². The molecule has 2 N–H and O–H groups in total. The summed E-state index contributed by atoms with van der Waals surface area (Å²) in [5.41, 5.74) is 8.33. The van der Waals surface area contributed by atoms with E-state index in [1.54, 1.807) is 0 Å². The number of fused-ring (bicyclic) bond motifs is 1. The summed E-state index contributed by atoms with van der Waals surface area (Å²) in [7, 11) is 0. The average molecular weight is 260 g/mol. The Hall–Kier alpha value is -1.39. The lowest BCUT2D eigenvalue weighted by atomic mass is 9.95. The molecule has 0 aromatic heterocycles. The van der Waals surface area contributed by atoms with E-state index in [1.165, 1.54) is 11.1 Å². The van der Waals surface area contributed by atoms with Gasteiger partial charge in [-0.1, -0.05) is 24.3 Å². The molecule has 3 rings (SSSR count). The van der Waals surface area contributed by atoms with Crippen LogP contribution in [-0.4, -0.2) is 36.5 Å². The van der Waals surface area contributed by atoms with Crippen molar-refractivity contribution in [3.8, 4) is 0 Å². The predicted octanol–water partition coefficient (Wildman–Crippen LogP) is 1.25. The fourth-order valence-corrected chi connectivity index (χ4v) is 2.95. The summed E-state index contributed by atoms with van der Waals surface area (Å²) in [4.78, 5) is 14.1. The molecule has 2 aliphatic rings. The van der Waals surface area contributed by atoms with Crippen molar-refractivity contribution in [1.29, 1.82) is 0 Å². The SMILES string of the molecule is N[C@@H]1CCN(C(=O)C[C@H]2OCCc3ccccc32)C1. The molecule has 0 aliphatic carbocycles. The topological polar surface area (TPSA) is 55.6 Å². The van der Waals surface area contributed by atoms with Crippen LogP contribution in [0.15, 0.2) is 24.3 Å². The zero-order chi connectivity index (χ0) is 13.2. The summed E-state index contributed by atoms with van der Waals surface area (Å²) >= 11 is 0. The number of hydrogen-bond donors (Lipinski definition) is 1. The van der Waals surface area contributed by atoms with E-state index in [9.17, 15) is 4.79 Å². The van der Waals surface area contributed by atoms with E-state index in [0.29, 0.717) is 19.6 Å². The molecule has 0 bridgehead atoms. The first-order valence-corrected chi connectivity index (χ1v) is 6.97. The van der Waals surface area contributed by atoms with Crippen molar-refractivity contribution in [2.24, 2.45) is 5.73 Å². The molecular formula is C15H20N2O2. The van der Waals surface area contributed by atoms with Gasteiger partial charge >= 0.3 is 0 Å².